The van der Waals surface area contributed by atoms with Crippen LogP contribution in [0.15, 0.2) is 42.5 Å². The van der Waals surface area contributed by atoms with Gasteiger partial charge in [-0.25, -0.2) is 13.6 Å². The number of aliphatic hydroxyl groups is 1. The van der Waals surface area contributed by atoms with E-state index < -0.39 is 64.6 Å². The summed E-state index contributed by atoms with van der Waals surface area (Å²) < 4.78 is 67.0. The predicted octanol–water partition coefficient (Wildman–Crippen LogP) is 4.68. The van der Waals surface area contributed by atoms with Crippen molar-refractivity contribution < 1.29 is 41.8 Å². The number of likely N-dealkylation sites (tertiary alicyclic amines) is 2. The molecule has 0 bridgehead atoms. The van der Waals surface area contributed by atoms with Gasteiger partial charge in [0.2, 0.25) is 5.91 Å². The second kappa shape index (κ2) is 9.59. The van der Waals surface area contributed by atoms with Crippen LogP contribution in [0.2, 0.25) is 0 Å². The lowest BCUT2D eigenvalue weighted by Gasteiger charge is -2.48. The number of halogens is 5. The predicted molar refractivity (Wildman–Crippen MR) is 122 cm³/mol. The molecule has 4 rings (SSSR count). The molecule has 2 aliphatic rings. The molecule has 0 aromatic heterocycles. The van der Waals surface area contributed by atoms with Crippen LogP contribution in [0.1, 0.15) is 36.5 Å². The minimum absolute atomic E-state index is 0.0443. The molecular weight excluding hydrogens is 499 g/mol. The Morgan fingerprint density at radius 3 is 2.03 bits per heavy atom. The molecule has 2 N–H and O–H groups in total. The fourth-order valence-electron chi connectivity index (χ4n) is 5.74. The normalized spacial score (nSPS) is 28.4. The first-order valence-corrected chi connectivity index (χ1v) is 11.8. The number of hydrogen-bond donors (Lipinski definition) is 2. The van der Waals surface area contributed by atoms with E-state index in [2.05, 4.69) is 0 Å². The van der Waals surface area contributed by atoms with Gasteiger partial charge >= 0.3 is 12.3 Å². The molecule has 0 saturated carbocycles. The number of rotatable bonds is 3. The maximum Gasteiger partial charge on any atom is 0.416 e. The SMILES string of the molecule is C[C@@H]1CN(C(=O)[C@@H]2CN(C(=O)O)C[C@H]2c2ccc(F)cc2F)C[C@H](C)[C@@]1(O)c1ccc(C(F)(F)F)cc1. The Kier molecular flexibility index (Phi) is 6.96. The summed E-state index contributed by atoms with van der Waals surface area (Å²) in [6.45, 7) is 3.18. The van der Waals surface area contributed by atoms with Crippen molar-refractivity contribution in [1.29, 1.82) is 0 Å². The van der Waals surface area contributed by atoms with Crippen molar-refractivity contribution in [3.8, 4) is 0 Å². The number of piperidine rings is 1. The molecule has 2 amide bonds. The van der Waals surface area contributed by atoms with Gasteiger partial charge in [-0.15, -0.1) is 0 Å². The van der Waals surface area contributed by atoms with E-state index in [1.54, 1.807) is 13.8 Å². The molecule has 5 atom stereocenters. The number of alkyl halides is 3. The van der Waals surface area contributed by atoms with Crippen LogP contribution in [0.5, 0.6) is 0 Å². The number of carboxylic acid groups (broad SMARTS) is 1. The van der Waals surface area contributed by atoms with Gasteiger partial charge in [0.05, 0.1) is 17.1 Å². The van der Waals surface area contributed by atoms with E-state index in [9.17, 15) is 41.8 Å². The maximum absolute atomic E-state index is 14.6. The zero-order valence-electron chi connectivity index (χ0n) is 20.2. The average molecular weight is 527 g/mol. The van der Waals surface area contributed by atoms with Crippen molar-refractivity contribution in [2.24, 2.45) is 17.8 Å². The molecule has 0 radical (unpaired) electrons. The fraction of sp³-hybridized carbons (Fsp3) is 0.462. The number of amides is 2. The highest BCUT2D eigenvalue weighted by molar-refractivity contribution is 5.82. The van der Waals surface area contributed by atoms with Crippen LogP contribution in [0, 0.1) is 29.4 Å². The van der Waals surface area contributed by atoms with Gasteiger partial charge in [-0.1, -0.05) is 32.0 Å². The van der Waals surface area contributed by atoms with Gasteiger partial charge in [0.1, 0.15) is 11.6 Å². The molecule has 2 fully saturated rings. The van der Waals surface area contributed by atoms with E-state index >= 15 is 0 Å². The molecular formula is C26H27F5N2O4. The Morgan fingerprint density at radius 2 is 1.51 bits per heavy atom. The number of hydrogen-bond acceptors (Lipinski definition) is 3. The number of benzene rings is 2. The Labute approximate surface area is 210 Å². The van der Waals surface area contributed by atoms with Gasteiger partial charge in [-0.2, -0.15) is 13.2 Å². The molecule has 2 saturated heterocycles. The van der Waals surface area contributed by atoms with Crippen LogP contribution in [0.4, 0.5) is 26.7 Å². The smallest absolute Gasteiger partial charge is 0.416 e. The Hall–Kier alpha value is -3.21. The summed E-state index contributed by atoms with van der Waals surface area (Å²) in [5.41, 5.74) is -2.00. The highest BCUT2D eigenvalue weighted by Gasteiger charge is 2.50. The monoisotopic (exact) mass is 526 g/mol. The van der Waals surface area contributed by atoms with Gasteiger partial charge in [0, 0.05) is 50.0 Å². The van der Waals surface area contributed by atoms with E-state index in [-0.39, 0.29) is 31.7 Å². The summed E-state index contributed by atoms with van der Waals surface area (Å²) in [5, 5.41) is 21.0. The molecule has 0 unspecified atom stereocenters. The standard InChI is InChI=1S/C26H27F5N2O4/c1-14-10-32(11-15(2)25(14,37)16-3-5-17(6-4-16)26(29,30)31)23(34)21-13-33(24(35)36)12-20(21)19-8-7-18(27)9-22(19)28/h3-9,14-15,20-21,37H,10-13H2,1-2H3,(H,35,36)/t14-,15+,20-,21+,25-/m0/s1. The second-order valence-corrected chi connectivity index (χ2v) is 10.0. The molecule has 2 aliphatic heterocycles. The van der Waals surface area contributed by atoms with Gasteiger partial charge in [0.25, 0.3) is 0 Å². The fourth-order valence-corrected chi connectivity index (χ4v) is 5.74. The molecule has 0 spiro atoms. The number of carbonyl (C=O) groups is 2. The first-order valence-electron chi connectivity index (χ1n) is 11.8. The molecule has 2 aromatic carbocycles. The lowest BCUT2D eigenvalue weighted by atomic mass is 9.70. The van der Waals surface area contributed by atoms with E-state index in [1.807, 2.05) is 0 Å². The average Bonchev–Trinajstić information content (AvgIpc) is 3.26. The summed E-state index contributed by atoms with van der Waals surface area (Å²) in [6.07, 6.45) is -5.78. The van der Waals surface area contributed by atoms with Crippen molar-refractivity contribution in [3.05, 3.63) is 70.8 Å². The van der Waals surface area contributed by atoms with Crippen LogP contribution in [-0.2, 0) is 16.6 Å². The molecule has 6 nitrogen and oxygen atoms in total. The van der Waals surface area contributed by atoms with Crippen molar-refractivity contribution in [2.45, 2.75) is 31.5 Å². The Balaban J connectivity index is 1.58. The number of nitrogens with zero attached hydrogens (tertiary/aromatic N) is 2. The molecule has 200 valence electrons. The quantitative estimate of drug-likeness (QED) is 0.570. The van der Waals surface area contributed by atoms with Gasteiger partial charge in [-0.3, -0.25) is 4.79 Å². The van der Waals surface area contributed by atoms with E-state index in [0.717, 1.165) is 23.1 Å². The molecule has 2 aromatic rings. The molecule has 2 heterocycles. The van der Waals surface area contributed by atoms with E-state index in [1.165, 1.54) is 23.1 Å². The number of carbonyl (C=O) groups excluding carboxylic acids is 1. The van der Waals surface area contributed by atoms with Crippen molar-refractivity contribution in [2.75, 3.05) is 26.2 Å². The lowest BCUT2D eigenvalue weighted by Crippen LogP contribution is -2.57. The van der Waals surface area contributed by atoms with Crippen LogP contribution in [0.25, 0.3) is 0 Å². The van der Waals surface area contributed by atoms with Crippen molar-refractivity contribution >= 4 is 12.0 Å². The van der Waals surface area contributed by atoms with Crippen LogP contribution in [-0.4, -0.2) is 58.2 Å². The Morgan fingerprint density at radius 1 is 0.919 bits per heavy atom. The lowest BCUT2D eigenvalue weighted by molar-refractivity contribution is -0.153. The van der Waals surface area contributed by atoms with E-state index in [4.69, 9.17) is 0 Å². The minimum Gasteiger partial charge on any atom is -0.465 e. The maximum atomic E-state index is 14.6. The summed E-state index contributed by atoms with van der Waals surface area (Å²) in [5.74, 6) is -4.99. The third-order valence-electron chi connectivity index (χ3n) is 7.75. The third-order valence-corrected chi connectivity index (χ3v) is 7.75. The van der Waals surface area contributed by atoms with E-state index in [0.29, 0.717) is 11.6 Å². The topological polar surface area (TPSA) is 81.1 Å². The summed E-state index contributed by atoms with van der Waals surface area (Å²) >= 11 is 0. The van der Waals surface area contributed by atoms with Crippen molar-refractivity contribution in [1.82, 2.24) is 9.80 Å². The molecule has 11 heteroatoms. The largest absolute Gasteiger partial charge is 0.465 e. The van der Waals surface area contributed by atoms with Crippen molar-refractivity contribution in [3.63, 3.8) is 0 Å². The van der Waals surface area contributed by atoms with Crippen LogP contribution >= 0.6 is 0 Å². The van der Waals surface area contributed by atoms with Gasteiger partial charge < -0.3 is 20.0 Å². The molecule has 0 aliphatic carbocycles. The van der Waals surface area contributed by atoms with Gasteiger partial charge in [-0.05, 0) is 29.3 Å². The third kappa shape index (κ3) is 4.88. The van der Waals surface area contributed by atoms with Crippen LogP contribution in [0.3, 0.4) is 0 Å². The van der Waals surface area contributed by atoms with Gasteiger partial charge in [0.15, 0.2) is 0 Å². The Bertz CT molecular complexity index is 1170. The summed E-state index contributed by atoms with van der Waals surface area (Å²) in [6, 6.07) is 7.25. The zero-order chi connectivity index (χ0) is 27.3. The second-order valence-electron chi connectivity index (χ2n) is 10.0. The highest BCUT2D eigenvalue weighted by atomic mass is 19.4. The highest BCUT2D eigenvalue weighted by Crippen LogP contribution is 2.44. The van der Waals surface area contributed by atoms with Crippen LogP contribution < -0.4 is 0 Å². The minimum atomic E-state index is -4.51. The molecule has 37 heavy (non-hydrogen) atoms. The zero-order valence-corrected chi connectivity index (χ0v) is 20.2. The summed E-state index contributed by atoms with van der Waals surface area (Å²) in [7, 11) is 0. The first-order chi connectivity index (χ1) is 17.2. The summed E-state index contributed by atoms with van der Waals surface area (Å²) in [4.78, 5) is 27.8. The first kappa shape index (κ1) is 26.8.